The molecule has 0 saturated carbocycles. The molecule has 0 amide bonds. The van der Waals surface area contributed by atoms with Crippen molar-refractivity contribution in [1.29, 1.82) is 0 Å². The lowest BCUT2D eigenvalue weighted by atomic mass is 10.3. The first-order valence-electron chi connectivity index (χ1n) is 5.03. The van der Waals surface area contributed by atoms with E-state index in [1.165, 1.54) is 24.3 Å². The molecule has 0 N–H and O–H groups in total. The second-order valence-electron chi connectivity index (χ2n) is 3.67. The molecule has 0 aromatic heterocycles. The quantitative estimate of drug-likeness (QED) is 0.441. The number of nitro groups is 1. The zero-order chi connectivity index (χ0) is 13.8. The van der Waals surface area contributed by atoms with E-state index in [0.717, 1.165) is 6.26 Å². The highest BCUT2D eigenvalue weighted by atomic mass is 32.2. The van der Waals surface area contributed by atoms with Crippen LogP contribution < -0.4 is 4.74 Å². The van der Waals surface area contributed by atoms with Gasteiger partial charge in [-0.2, -0.15) is 8.42 Å². The molecule has 1 atom stereocenters. The van der Waals surface area contributed by atoms with Crippen LogP contribution in [0, 0.1) is 10.1 Å². The standard InChI is InChI=1S/C10H13NO6S/c1-8(7-16-18(2,14)15)17-10-5-3-9(4-6-10)11(12)13/h3-6,8H,7H2,1-2H3. The highest BCUT2D eigenvalue weighted by Crippen LogP contribution is 2.18. The van der Waals surface area contributed by atoms with Gasteiger partial charge >= 0.3 is 0 Å². The molecule has 0 bridgehead atoms. The van der Waals surface area contributed by atoms with E-state index in [4.69, 9.17) is 4.74 Å². The van der Waals surface area contributed by atoms with Crippen LogP contribution in [0.15, 0.2) is 24.3 Å². The fourth-order valence-electron chi connectivity index (χ4n) is 1.13. The minimum atomic E-state index is -3.50. The summed E-state index contributed by atoms with van der Waals surface area (Å²) in [6, 6.07) is 5.49. The van der Waals surface area contributed by atoms with Crippen molar-refractivity contribution in [3.05, 3.63) is 34.4 Å². The average molecular weight is 275 g/mol. The van der Waals surface area contributed by atoms with Gasteiger partial charge < -0.3 is 4.74 Å². The minimum absolute atomic E-state index is 0.0395. The summed E-state index contributed by atoms with van der Waals surface area (Å²) in [5.41, 5.74) is -0.0395. The molecular formula is C10H13NO6S. The van der Waals surface area contributed by atoms with Crippen LogP contribution in [0.1, 0.15) is 6.92 Å². The Morgan fingerprint density at radius 2 is 1.89 bits per heavy atom. The maximum atomic E-state index is 10.8. The van der Waals surface area contributed by atoms with Crippen molar-refractivity contribution < 1.29 is 22.3 Å². The van der Waals surface area contributed by atoms with E-state index in [-0.39, 0.29) is 12.3 Å². The van der Waals surface area contributed by atoms with Gasteiger partial charge in [0.15, 0.2) is 0 Å². The minimum Gasteiger partial charge on any atom is -0.488 e. The first-order chi connectivity index (χ1) is 8.28. The first-order valence-corrected chi connectivity index (χ1v) is 6.85. The third-order valence-electron chi connectivity index (χ3n) is 1.90. The second-order valence-corrected chi connectivity index (χ2v) is 5.31. The summed E-state index contributed by atoms with van der Waals surface area (Å²) in [6.07, 6.45) is 0.465. The Labute approximate surface area is 105 Å². The summed E-state index contributed by atoms with van der Waals surface area (Å²) in [4.78, 5) is 9.91. The van der Waals surface area contributed by atoms with Gasteiger partial charge in [-0.15, -0.1) is 0 Å². The zero-order valence-corrected chi connectivity index (χ0v) is 10.7. The molecule has 0 heterocycles. The Hall–Kier alpha value is -1.67. The normalized spacial score (nSPS) is 13.0. The molecule has 0 spiro atoms. The zero-order valence-electron chi connectivity index (χ0n) is 9.90. The topological polar surface area (TPSA) is 95.7 Å². The number of benzene rings is 1. The maximum absolute atomic E-state index is 10.8. The Morgan fingerprint density at radius 1 is 1.33 bits per heavy atom. The molecule has 18 heavy (non-hydrogen) atoms. The van der Waals surface area contributed by atoms with Gasteiger partial charge in [0.2, 0.25) is 0 Å². The van der Waals surface area contributed by atoms with Gasteiger partial charge in [0.1, 0.15) is 18.5 Å². The number of nitro benzene ring substituents is 1. The van der Waals surface area contributed by atoms with E-state index in [2.05, 4.69) is 4.18 Å². The molecule has 1 rings (SSSR count). The number of hydrogen-bond donors (Lipinski definition) is 0. The molecule has 0 aliphatic heterocycles. The van der Waals surface area contributed by atoms with E-state index >= 15 is 0 Å². The van der Waals surface area contributed by atoms with Crippen molar-refractivity contribution in [3.63, 3.8) is 0 Å². The largest absolute Gasteiger partial charge is 0.488 e. The summed E-state index contributed by atoms with van der Waals surface area (Å²) in [5, 5.41) is 10.4. The molecule has 0 radical (unpaired) electrons. The lowest BCUT2D eigenvalue weighted by Crippen LogP contribution is -2.21. The predicted molar refractivity (Wildman–Crippen MR) is 64.0 cm³/mol. The molecule has 1 aromatic rings. The SMILES string of the molecule is CC(COS(C)(=O)=O)Oc1ccc([N+](=O)[O-])cc1. The van der Waals surface area contributed by atoms with Crippen molar-refractivity contribution in [2.24, 2.45) is 0 Å². The molecule has 0 aliphatic carbocycles. The summed E-state index contributed by atoms with van der Waals surface area (Å²) in [6.45, 7) is 1.52. The van der Waals surface area contributed by atoms with Crippen LogP contribution in [-0.2, 0) is 14.3 Å². The smallest absolute Gasteiger partial charge is 0.269 e. The third-order valence-corrected chi connectivity index (χ3v) is 2.47. The van der Waals surface area contributed by atoms with Crippen LogP contribution in [0.4, 0.5) is 5.69 Å². The summed E-state index contributed by atoms with van der Waals surface area (Å²) >= 11 is 0. The second kappa shape index (κ2) is 5.78. The van der Waals surface area contributed by atoms with Gasteiger partial charge in [-0.05, 0) is 19.1 Å². The van der Waals surface area contributed by atoms with Crippen molar-refractivity contribution in [3.8, 4) is 5.75 Å². The molecule has 8 heteroatoms. The summed E-state index contributed by atoms with van der Waals surface area (Å²) < 4.78 is 31.4. The van der Waals surface area contributed by atoms with Crippen LogP contribution in [0.5, 0.6) is 5.75 Å². The Kier molecular flexibility index (Phi) is 4.62. The van der Waals surface area contributed by atoms with E-state index in [1.54, 1.807) is 6.92 Å². The molecule has 0 saturated heterocycles. The third kappa shape index (κ3) is 5.11. The van der Waals surface area contributed by atoms with E-state index in [0.29, 0.717) is 5.75 Å². The monoisotopic (exact) mass is 275 g/mol. The highest BCUT2D eigenvalue weighted by molar-refractivity contribution is 7.85. The maximum Gasteiger partial charge on any atom is 0.269 e. The summed E-state index contributed by atoms with van der Waals surface area (Å²) in [5.74, 6) is 0.408. The number of non-ortho nitro benzene ring substituents is 1. The van der Waals surface area contributed by atoms with Gasteiger partial charge in [-0.3, -0.25) is 14.3 Å². The number of nitrogens with zero attached hydrogens (tertiary/aromatic N) is 1. The van der Waals surface area contributed by atoms with Crippen LogP contribution >= 0.6 is 0 Å². The molecule has 1 aromatic carbocycles. The Morgan fingerprint density at radius 3 is 2.33 bits per heavy atom. The molecule has 100 valence electrons. The number of ether oxygens (including phenoxy) is 1. The average Bonchev–Trinajstić information content (AvgIpc) is 2.26. The lowest BCUT2D eigenvalue weighted by molar-refractivity contribution is -0.384. The molecule has 1 unspecified atom stereocenters. The van der Waals surface area contributed by atoms with E-state index in [1.807, 2.05) is 0 Å². The van der Waals surface area contributed by atoms with Gasteiger partial charge in [-0.25, -0.2) is 0 Å². The Bertz CT molecular complexity index is 510. The van der Waals surface area contributed by atoms with Gasteiger partial charge in [0.25, 0.3) is 15.8 Å². The molecular weight excluding hydrogens is 262 g/mol. The highest BCUT2D eigenvalue weighted by Gasteiger charge is 2.10. The number of hydrogen-bond acceptors (Lipinski definition) is 6. The van der Waals surface area contributed by atoms with Crippen molar-refractivity contribution in [2.45, 2.75) is 13.0 Å². The van der Waals surface area contributed by atoms with E-state index < -0.39 is 21.1 Å². The van der Waals surface area contributed by atoms with Crippen molar-refractivity contribution >= 4 is 15.8 Å². The fourth-order valence-corrected chi connectivity index (χ4v) is 1.57. The van der Waals surface area contributed by atoms with Crippen LogP contribution in [-0.4, -0.2) is 32.3 Å². The molecule has 7 nitrogen and oxygen atoms in total. The predicted octanol–water partition coefficient (Wildman–Crippen LogP) is 1.34. The van der Waals surface area contributed by atoms with Gasteiger partial charge in [-0.1, -0.05) is 0 Å². The first kappa shape index (κ1) is 14.4. The van der Waals surface area contributed by atoms with Crippen LogP contribution in [0.2, 0.25) is 0 Å². The summed E-state index contributed by atoms with van der Waals surface area (Å²) in [7, 11) is -3.50. The van der Waals surface area contributed by atoms with Crippen LogP contribution in [0.25, 0.3) is 0 Å². The van der Waals surface area contributed by atoms with Crippen molar-refractivity contribution in [2.75, 3.05) is 12.9 Å². The Balaban J connectivity index is 2.54. The van der Waals surface area contributed by atoms with Gasteiger partial charge in [0, 0.05) is 12.1 Å². The van der Waals surface area contributed by atoms with Crippen molar-refractivity contribution in [1.82, 2.24) is 0 Å². The fraction of sp³-hybridized carbons (Fsp3) is 0.400. The van der Waals surface area contributed by atoms with E-state index in [9.17, 15) is 18.5 Å². The van der Waals surface area contributed by atoms with Gasteiger partial charge in [0.05, 0.1) is 11.2 Å². The number of rotatable bonds is 6. The lowest BCUT2D eigenvalue weighted by Gasteiger charge is -2.13. The molecule has 0 aliphatic rings. The van der Waals surface area contributed by atoms with Crippen LogP contribution in [0.3, 0.4) is 0 Å². The molecule has 0 fully saturated rings.